The van der Waals surface area contributed by atoms with Crippen molar-refractivity contribution < 1.29 is 42.7 Å². The normalized spacial score (nSPS) is 14.9. The number of hydrogen-bond donors (Lipinski definition) is 2. The Bertz CT molecular complexity index is 2620. The summed E-state index contributed by atoms with van der Waals surface area (Å²) in [6.45, 7) is 13.0. The largest absolute Gasteiger partial charge is 0.493 e. The number of nitrogens with zero attached hydrogens (tertiary/aromatic N) is 4. The molecule has 14 nitrogen and oxygen atoms in total. The Morgan fingerprint density at radius 1 is 0.809 bits per heavy atom. The van der Waals surface area contributed by atoms with Gasteiger partial charge in [0.25, 0.3) is 11.8 Å². The molecule has 5 aromatic carbocycles. The minimum absolute atomic E-state index is 0.0102. The van der Waals surface area contributed by atoms with E-state index in [9.17, 15) is 9.59 Å². The van der Waals surface area contributed by atoms with Crippen LogP contribution in [0.4, 0.5) is 28.4 Å². The second kappa shape index (κ2) is 21.8. The monoisotopic (exact) mass is 943 g/mol. The molecule has 68 heavy (non-hydrogen) atoms. The van der Waals surface area contributed by atoms with Crippen molar-refractivity contribution in [1.82, 2.24) is 0 Å². The topological polar surface area (TPSA) is 133 Å². The molecule has 0 spiro atoms. The molecule has 3 aliphatic heterocycles. The molecule has 0 radical (unpaired) electrons. The van der Waals surface area contributed by atoms with Gasteiger partial charge in [-0.05, 0) is 98.1 Å². The van der Waals surface area contributed by atoms with E-state index >= 15 is 0 Å². The van der Waals surface area contributed by atoms with Gasteiger partial charge in [0, 0.05) is 67.2 Å². The van der Waals surface area contributed by atoms with E-state index in [0.29, 0.717) is 105 Å². The number of hydrogen-bond acceptors (Lipinski definition) is 13. The summed E-state index contributed by atoms with van der Waals surface area (Å²) in [5.74, 6) is 1.47. The molecule has 0 fully saturated rings. The molecule has 0 unspecified atom stereocenters. The van der Waals surface area contributed by atoms with Crippen LogP contribution in [0.25, 0.3) is 0 Å². The first-order valence-corrected chi connectivity index (χ1v) is 23.4. The molecule has 3 aliphatic rings. The predicted octanol–water partition coefficient (Wildman–Crippen LogP) is 8.59. The van der Waals surface area contributed by atoms with E-state index in [1.807, 2.05) is 59.5 Å². The molecule has 0 saturated heterocycles. The predicted molar refractivity (Wildman–Crippen MR) is 270 cm³/mol. The number of ether oxygens (including phenoxy) is 7. The zero-order valence-electron chi connectivity index (χ0n) is 39.5. The second-order valence-corrected chi connectivity index (χ2v) is 18.9. The number of carbonyl (C=O) groups excluding carboxylic acids is 2. The maximum Gasteiger partial charge on any atom is 0.260 e. The summed E-state index contributed by atoms with van der Waals surface area (Å²) in [6, 6.07) is 29.2. The molecular formula is C53H61N5O9S. The number of thiol groups is 1. The minimum atomic E-state index is -0.360. The number of methoxy groups -OCH3 is 3. The second-order valence-electron chi connectivity index (χ2n) is 17.6. The lowest BCUT2D eigenvalue weighted by Gasteiger charge is -2.32. The maximum absolute atomic E-state index is 14.1. The lowest BCUT2D eigenvalue weighted by molar-refractivity contribution is 0.0264. The summed E-state index contributed by atoms with van der Waals surface area (Å²) in [5, 5.41) is 3.53. The van der Waals surface area contributed by atoms with Gasteiger partial charge in [0.05, 0.1) is 75.8 Å². The van der Waals surface area contributed by atoms with E-state index in [2.05, 4.69) is 54.0 Å². The Kier molecular flexibility index (Phi) is 15.4. The van der Waals surface area contributed by atoms with Gasteiger partial charge in [-0.1, -0.05) is 36.4 Å². The summed E-state index contributed by atoms with van der Waals surface area (Å²) in [5.41, 5.74) is 8.71. The standard InChI is InChI=1S/C53H61N5O9S/c1-53(2,68)34-56(17-18-64-21-22-65-20-19-61-4)39-24-35(32-66-49-29-43(54-3)41(27-47(49)62-5)51(59)57-16-15-37-11-7-9-13-45(37)57)23-36(25-39)33-67-50-30-44-42(28-48(50)63-6)52(60)58-40(31-55-44)26-38-12-8-10-14-46(38)58/h7-14,23-25,27-30,40,55,68H,3,15-22,26,31-34H2,1-2,4-6H3/t40-/m0/s1. The van der Waals surface area contributed by atoms with Crippen LogP contribution in [0, 0.1) is 0 Å². The van der Waals surface area contributed by atoms with E-state index in [1.165, 1.54) is 0 Å². The quantitative estimate of drug-likeness (QED) is 0.0393. The highest BCUT2D eigenvalue weighted by molar-refractivity contribution is 7.81. The van der Waals surface area contributed by atoms with Crippen LogP contribution < -0.4 is 39.0 Å². The van der Waals surface area contributed by atoms with Crippen molar-refractivity contribution in [1.29, 1.82) is 0 Å². The third-order valence-corrected chi connectivity index (χ3v) is 12.4. The highest BCUT2D eigenvalue weighted by Gasteiger charge is 2.38. The van der Waals surface area contributed by atoms with Gasteiger partial charge in [0.2, 0.25) is 0 Å². The minimum Gasteiger partial charge on any atom is -0.493 e. The smallest absolute Gasteiger partial charge is 0.260 e. The molecular weight excluding hydrogens is 883 g/mol. The lowest BCUT2D eigenvalue weighted by Crippen LogP contribution is -2.39. The van der Waals surface area contributed by atoms with Crippen LogP contribution in [0.2, 0.25) is 0 Å². The first-order chi connectivity index (χ1) is 33.0. The van der Waals surface area contributed by atoms with Gasteiger partial charge < -0.3 is 53.2 Å². The van der Waals surface area contributed by atoms with E-state index in [-0.39, 0.29) is 35.8 Å². The van der Waals surface area contributed by atoms with Gasteiger partial charge in [0.1, 0.15) is 13.2 Å². The van der Waals surface area contributed by atoms with Crippen LogP contribution in [-0.4, -0.2) is 110 Å². The van der Waals surface area contributed by atoms with Gasteiger partial charge in [0.15, 0.2) is 23.0 Å². The Balaban J connectivity index is 1.06. The number of anilines is 4. The summed E-state index contributed by atoms with van der Waals surface area (Å²) in [4.78, 5) is 38.3. The zero-order valence-corrected chi connectivity index (χ0v) is 40.4. The Hall–Kier alpha value is -6.26. The molecule has 5 aromatic rings. The molecule has 0 saturated carbocycles. The molecule has 2 amide bonds. The van der Waals surface area contributed by atoms with Crippen molar-refractivity contribution in [2.24, 2.45) is 4.99 Å². The van der Waals surface area contributed by atoms with Crippen molar-refractivity contribution in [3.8, 4) is 23.0 Å². The molecule has 1 N–H and O–H groups in total. The third-order valence-electron chi connectivity index (χ3n) is 12.2. The Morgan fingerprint density at radius 2 is 1.46 bits per heavy atom. The Morgan fingerprint density at radius 3 is 2.15 bits per heavy atom. The molecule has 1 atom stereocenters. The maximum atomic E-state index is 14.1. The van der Waals surface area contributed by atoms with Crippen LogP contribution in [0.3, 0.4) is 0 Å². The molecule has 0 bridgehead atoms. The number of fused-ring (bicyclic) bond motifs is 5. The average molecular weight is 944 g/mol. The van der Waals surface area contributed by atoms with Gasteiger partial charge in [-0.25, -0.2) is 0 Å². The van der Waals surface area contributed by atoms with Gasteiger partial charge >= 0.3 is 0 Å². The molecule has 0 aromatic heterocycles. The van der Waals surface area contributed by atoms with Crippen molar-refractivity contribution >= 4 is 59.6 Å². The van der Waals surface area contributed by atoms with Gasteiger partial charge in [-0.3, -0.25) is 14.6 Å². The van der Waals surface area contributed by atoms with Crippen molar-refractivity contribution in [2.45, 2.75) is 50.7 Å². The number of aliphatic imine (C=N–C) groups is 1. The van der Waals surface area contributed by atoms with E-state index < -0.39 is 0 Å². The summed E-state index contributed by atoms with van der Waals surface area (Å²) in [7, 11) is 4.77. The first kappa shape index (κ1) is 48.2. The fourth-order valence-electron chi connectivity index (χ4n) is 9.05. The average Bonchev–Trinajstić information content (AvgIpc) is 3.92. The SMILES string of the molecule is C=Nc1cc(OCc2cc(COc3cc4c(cc3OC)C(=O)N3c5ccccc5C[C@H]3CN4)cc(N(CCOCCOCCOC)CC(C)(C)S)c2)c(OC)cc1C(=O)N1CCc2ccccc21. The van der Waals surface area contributed by atoms with Crippen LogP contribution >= 0.6 is 12.6 Å². The van der Waals surface area contributed by atoms with Crippen LogP contribution in [-0.2, 0) is 40.3 Å². The molecule has 8 rings (SSSR count). The highest BCUT2D eigenvalue weighted by Crippen LogP contribution is 2.42. The van der Waals surface area contributed by atoms with Crippen molar-refractivity contribution in [3.05, 3.63) is 124 Å². The molecule has 358 valence electrons. The van der Waals surface area contributed by atoms with Crippen LogP contribution in [0.15, 0.2) is 96.0 Å². The summed E-state index contributed by atoms with van der Waals surface area (Å²) in [6.07, 6.45) is 1.55. The van der Waals surface area contributed by atoms with Crippen LogP contribution in [0.5, 0.6) is 23.0 Å². The molecule has 15 heteroatoms. The zero-order chi connectivity index (χ0) is 47.8. The third kappa shape index (κ3) is 11.0. The number of para-hydroxylation sites is 2. The number of amides is 2. The number of nitrogens with one attached hydrogen (secondary N) is 1. The molecule has 3 heterocycles. The van der Waals surface area contributed by atoms with Crippen LogP contribution in [0.1, 0.15) is 56.8 Å². The lowest BCUT2D eigenvalue weighted by atomic mass is 10.1. The number of rotatable bonds is 22. The summed E-state index contributed by atoms with van der Waals surface area (Å²) < 4.78 is 41.2. The number of carbonyl (C=O) groups is 2. The van der Waals surface area contributed by atoms with E-state index in [0.717, 1.165) is 52.2 Å². The van der Waals surface area contributed by atoms with Gasteiger partial charge in [-0.15, -0.1) is 0 Å². The van der Waals surface area contributed by atoms with E-state index in [1.54, 1.807) is 44.4 Å². The van der Waals surface area contributed by atoms with Gasteiger partial charge in [-0.2, -0.15) is 12.6 Å². The van der Waals surface area contributed by atoms with E-state index in [4.69, 9.17) is 45.8 Å². The Labute approximate surface area is 404 Å². The highest BCUT2D eigenvalue weighted by atomic mass is 32.1. The summed E-state index contributed by atoms with van der Waals surface area (Å²) >= 11 is 4.94. The van der Waals surface area contributed by atoms with Crippen molar-refractivity contribution in [2.75, 3.05) is 101 Å². The van der Waals surface area contributed by atoms with Crippen molar-refractivity contribution in [3.63, 3.8) is 0 Å². The fourth-order valence-corrected chi connectivity index (χ4v) is 9.22. The molecule has 0 aliphatic carbocycles. The fraction of sp³-hybridized carbons (Fsp3) is 0.377. The number of benzene rings is 5. The first-order valence-electron chi connectivity index (χ1n) is 22.9.